The molecule has 2 atom stereocenters. The Bertz CT molecular complexity index is 1390. The van der Waals surface area contributed by atoms with Gasteiger partial charge in [-0.2, -0.15) is 4.98 Å². The summed E-state index contributed by atoms with van der Waals surface area (Å²) < 4.78 is 30.9. The fraction of sp³-hybridized carbons (Fsp3) is 0.370. The lowest BCUT2D eigenvalue weighted by molar-refractivity contribution is -0.128. The van der Waals surface area contributed by atoms with E-state index in [2.05, 4.69) is 18.5 Å². The molecule has 2 saturated heterocycles. The molecule has 5 rings (SSSR count). The summed E-state index contributed by atoms with van der Waals surface area (Å²) in [7, 11) is 0. The normalized spacial score (nSPS) is 20.3. The second-order valence-corrected chi connectivity index (χ2v) is 10.4. The van der Waals surface area contributed by atoms with Gasteiger partial charge in [0.15, 0.2) is 5.82 Å². The summed E-state index contributed by atoms with van der Waals surface area (Å²) in [5.41, 5.74) is -0.573. The molecule has 0 saturated carbocycles. The van der Waals surface area contributed by atoms with Gasteiger partial charge in [-0.15, -0.1) is 0 Å². The minimum absolute atomic E-state index is 0.00828. The monoisotopic (exact) mass is 527 g/mol. The number of nitrogens with zero attached hydrogens (tertiary/aromatic N) is 5. The van der Waals surface area contributed by atoms with E-state index in [-0.39, 0.29) is 39.7 Å². The molecule has 37 heavy (non-hydrogen) atoms. The molecule has 1 aromatic heterocycles. The van der Waals surface area contributed by atoms with Crippen molar-refractivity contribution in [3.63, 3.8) is 0 Å². The summed E-state index contributed by atoms with van der Waals surface area (Å²) in [5, 5.41) is 10.7. The zero-order valence-electron chi connectivity index (χ0n) is 20.9. The van der Waals surface area contributed by atoms with Crippen LogP contribution in [0.1, 0.15) is 20.8 Å². The predicted octanol–water partition coefficient (Wildman–Crippen LogP) is 5.00. The van der Waals surface area contributed by atoms with Crippen LogP contribution in [-0.4, -0.2) is 64.1 Å². The number of carbonyl (C=O) groups excluding carboxylic acids is 1. The highest BCUT2D eigenvalue weighted by Crippen LogP contribution is 2.43. The molecular weight excluding hydrogens is 500 g/mol. The smallest absolute Gasteiger partial charge is 0.246 e. The van der Waals surface area contributed by atoms with Crippen LogP contribution in [0.3, 0.4) is 0 Å². The number of benzene rings is 2. The number of carbonyl (C=O) groups is 1. The van der Waals surface area contributed by atoms with E-state index in [1.54, 1.807) is 4.90 Å². The molecule has 0 unspecified atom stereocenters. The van der Waals surface area contributed by atoms with Gasteiger partial charge >= 0.3 is 0 Å². The Balaban J connectivity index is 1.70. The molecule has 3 heterocycles. The Hall–Kier alpha value is -3.46. The van der Waals surface area contributed by atoms with E-state index in [1.165, 1.54) is 24.3 Å². The highest BCUT2D eigenvalue weighted by Gasteiger charge is 2.35. The summed E-state index contributed by atoms with van der Waals surface area (Å²) in [4.78, 5) is 27.5. The number of piperazine rings is 1. The first-order chi connectivity index (χ1) is 17.6. The Morgan fingerprint density at radius 3 is 2.49 bits per heavy atom. The second-order valence-electron chi connectivity index (χ2n) is 9.98. The van der Waals surface area contributed by atoms with E-state index in [9.17, 15) is 14.3 Å². The van der Waals surface area contributed by atoms with Crippen LogP contribution < -0.4 is 9.80 Å². The van der Waals surface area contributed by atoms with Crippen LogP contribution in [0.4, 0.5) is 20.5 Å². The van der Waals surface area contributed by atoms with Crippen molar-refractivity contribution < 1.29 is 18.7 Å². The van der Waals surface area contributed by atoms with Gasteiger partial charge in [0.1, 0.15) is 22.9 Å². The fourth-order valence-electron chi connectivity index (χ4n) is 5.23. The lowest BCUT2D eigenvalue weighted by Gasteiger charge is -2.45. The molecule has 0 bridgehead atoms. The lowest BCUT2D eigenvalue weighted by atomic mass is 10.00. The van der Waals surface area contributed by atoms with Crippen LogP contribution in [0.25, 0.3) is 22.0 Å². The average Bonchev–Trinajstić information content (AvgIpc) is 2.84. The maximum Gasteiger partial charge on any atom is 0.246 e. The molecule has 194 valence electrons. The third-order valence-corrected chi connectivity index (χ3v) is 7.45. The molecule has 2 aliphatic rings. The quantitative estimate of drug-likeness (QED) is 0.481. The van der Waals surface area contributed by atoms with Gasteiger partial charge in [-0.25, -0.2) is 13.8 Å². The highest BCUT2D eigenvalue weighted by atomic mass is 35.5. The molecule has 0 spiro atoms. The molecule has 3 aromatic rings. The van der Waals surface area contributed by atoms with Crippen molar-refractivity contribution in [2.45, 2.75) is 32.9 Å². The number of anilines is 2. The van der Waals surface area contributed by atoms with Gasteiger partial charge in [-0.3, -0.25) is 4.79 Å². The van der Waals surface area contributed by atoms with E-state index in [4.69, 9.17) is 16.6 Å². The van der Waals surface area contributed by atoms with Crippen LogP contribution in [0.15, 0.2) is 36.9 Å². The topological polar surface area (TPSA) is 72.8 Å². The van der Waals surface area contributed by atoms with Crippen molar-refractivity contribution in [3.8, 4) is 16.9 Å². The maximum atomic E-state index is 16.2. The van der Waals surface area contributed by atoms with E-state index in [0.717, 1.165) is 19.2 Å². The Kier molecular flexibility index (Phi) is 6.43. The summed E-state index contributed by atoms with van der Waals surface area (Å²) in [6.45, 7) is 12.0. The van der Waals surface area contributed by atoms with Gasteiger partial charge in [-0.1, -0.05) is 31.2 Å². The maximum absolute atomic E-state index is 16.2. The van der Waals surface area contributed by atoms with Crippen molar-refractivity contribution in [2.24, 2.45) is 5.92 Å². The molecule has 2 aromatic carbocycles. The first-order valence-corrected chi connectivity index (χ1v) is 12.6. The third kappa shape index (κ3) is 4.25. The molecule has 1 N–H and O–H groups in total. The van der Waals surface area contributed by atoms with Crippen LogP contribution in [0.2, 0.25) is 5.02 Å². The highest BCUT2D eigenvalue weighted by molar-refractivity contribution is 6.34. The molecule has 2 aliphatic heterocycles. The minimum Gasteiger partial charge on any atom is -0.507 e. The first-order valence-electron chi connectivity index (χ1n) is 12.2. The molecule has 7 nitrogen and oxygen atoms in total. The van der Waals surface area contributed by atoms with E-state index in [1.807, 2.05) is 23.6 Å². The third-order valence-electron chi connectivity index (χ3n) is 7.16. The molecule has 10 heteroatoms. The van der Waals surface area contributed by atoms with Crippen LogP contribution in [0, 0.1) is 17.6 Å². The van der Waals surface area contributed by atoms with E-state index >= 15 is 4.39 Å². The van der Waals surface area contributed by atoms with Crippen molar-refractivity contribution in [1.82, 2.24) is 14.9 Å². The number of hydrogen-bond donors (Lipinski definition) is 1. The van der Waals surface area contributed by atoms with Crippen LogP contribution in [-0.2, 0) is 4.79 Å². The number of aromatic hydroxyl groups is 1. The van der Waals surface area contributed by atoms with Crippen molar-refractivity contribution >= 4 is 40.2 Å². The summed E-state index contributed by atoms with van der Waals surface area (Å²) in [6, 6.07) is 5.00. The molecule has 0 radical (unpaired) electrons. The lowest BCUT2D eigenvalue weighted by Crippen LogP contribution is -2.58. The predicted molar refractivity (Wildman–Crippen MR) is 141 cm³/mol. The van der Waals surface area contributed by atoms with Gasteiger partial charge in [0.25, 0.3) is 0 Å². The molecule has 2 fully saturated rings. The van der Waals surface area contributed by atoms with E-state index in [0.29, 0.717) is 36.2 Å². The number of phenols is 1. The van der Waals surface area contributed by atoms with Gasteiger partial charge in [0, 0.05) is 49.2 Å². The van der Waals surface area contributed by atoms with Gasteiger partial charge in [-0.05, 0) is 44.0 Å². The first kappa shape index (κ1) is 25.2. The van der Waals surface area contributed by atoms with Gasteiger partial charge < -0.3 is 19.8 Å². The van der Waals surface area contributed by atoms with Crippen molar-refractivity contribution in [2.75, 3.05) is 36.0 Å². The Morgan fingerprint density at radius 2 is 1.84 bits per heavy atom. The summed E-state index contributed by atoms with van der Waals surface area (Å²) >= 11 is 6.54. The molecule has 1 amide bonds. The second kappa shape index (κ2) is 9.45. The number of rotatable bonds is 4. The molecular formula is C27H28ClF2N5O2. The Morgan fingerprint density at radius 1 is 1.11 bits per heavy atom. The summed E-state index contributed by atoms with van der Waals surface area (Å²) in [6.07, 6.45) is 1.30. The summed E-state index contributed by atoms with van der Waals surface area (Å²) in [5.74, 6) is -0.873. The molecule has 0 aliphatic carbocycles. The number of fused-ring (bicyclic) bond motifs is 1. The van der Waals surface area contributed by atoms with Gasteiger partial charge in [0.2, 0.25) is 11.9 Å². The number of phenolic OH excluding ortho intramolecular Hbond substituents is 1. The minimum atomic E-state index is -0.831. The number of aromatic nitrogens is 2. The largest absolute Gasteiger partial charge is 0.507 e. The number of hydrogen-bond acceptors (Lipinski definition) is 6. The number of halogens is 3. The van der Waals surface area contributed by atoms with Crippen LogP contribution in [0.5, 0.6) is 5.75 Å². The SMILES string of the molecule is C=CC(=O)N1C[C@H](C)N(c2nc(N3CC(C)C3)nc3c(F)c(-c4c(O)cccc4F)c(Cl)cc23)C[C@H]1C. The van der Waals surface area contributed by atoms with E-state index < -0.39 is 17.4 Å². The number of amides is 1. The fourth-order valence-corrected chi connectivity index (χ4v) is 5.51. The Labute approximate surface area is 219 Å². The standard InChI is InChI=1S/C27H28ClF2N5O2/c1-5-21(37)34-12-16(4)35(13-15(34)3)26-17-9-18(28)22(23-19(29)7-6-8-20(23)36)24(30)25(17)31-27(32-26)33-10-14(2)11-33/h5-9,14-16,36H,1,10-13H2,2-4H3/t15-,16+/m1/s1. The van der Waals surface area contributed by atoms with Crippen LogP contribution >= 0.6 is 11.6 Å². The van der Waals surface area contributed by atoms with Crippen molar-refractivity contribution in [1.29, 1.82) is 0 Å². The zero-order valence-corrected chi connectivity index (χ0v) is 21.6. The zero-order chi connectivity index (χ0) is 26.6. The average molecular weight is 528 g/mol. The van der Waals surface area contributed by atoms with Gasteiger partial charge in [0.05, 0.1) is 10.6 Å². The van der Waals surface area contributed by atoms with Crippen molar-refractivity contribution in [3.05, 3.63) is 53.6 Å².